The van der Waals surface area contributed by atoms with Crippen molar-refractivity contribution in [2.75, 3.05) is 0 Å². The average molecular weight is 140 g/mol. The first-order valence-corrected chi connectivity index (χ1v) is 3.80. The summed E-state index contributed by atoms with van der Waals surface area (Å²) < 4.78 is 0. The van der Waals surface area contributed by atoms with Crippen LogP contribution in [0.4, 0.5) is 0 Å². The molecule has 10 heavy (non-hydrogen) atoms. The molecular weight excluding hydrogens is 124 g/mol. The van der Waals surface area contributed by atoms with Gasteiger partial charge in [0, 0.05) is 11.9 Å². The van der Waals surface area contributed by atoms with E-state index in [1.165, 1.54) is 5.69 Å². The monoisotopic (exact) mass is 140 g/mol. The molecule has 1 rings (SSSR count). The van der Waals surface area contributed by atoms with Crippen molar-refractivity contribution in [3.05, 3.63) is 18.0 Å². The predicted octanol–water partition coefficient (Wildman–Crippen LogP) is 2.56. The van der Waals surface area contributed by atoms with Crippen LogP contribution >= 0.6 is 0 Å². The lowest BCUT2D eigenvalue weighted by atomic mass is 10.1. The number of nitrogens with one attached hydrogen (secondary N) is 1. The van der Waals surface area contributed by atoms with Gasteiger partial charge in [0.25, 0.3) is 0 Å². The van der Waals surface area contributed by atoms with Crippen LogP contribution in [0.5, 0.6) is 0 Å². The Morgan fingerprint density at radius 1 is 1.40 bits per heavy atom. The highest BCUT2D eigenvalue weighted by atomic mass is 15.1. The highest BCUT2D eigenvalue weighted by Crippen LogP contribution is 2.07. The Bertz CT molecular complexity index is 142. The molecule has 0 radical (unpaired) electrons. The van der Waals surface area contributed by atoms with E-state index < -0.39 is 0 Å². The summed E-state index contributed by atoms with van der Waals surface area (Å²) in [6.45, 7) is 8.26. The molecule has 2 nitrogen and oxygen atoms in total. The zero-order valence-corrected chi connectivity index (χ0v) is 7.18. The first-order valence-electron chi connectivity index (χ1n) is 3.80. The molecule has 1 aromatic rings. The van der Waals surface area contributed by atoms with E-state index in [1.54, 1.807) is 6.20 Å². The molecular formula is C8H16N2. The van der Waals surface area contributed by atoms with Gasteiger partial charge in [0.15, 0.2) is 0 Å². The molecule has 0 fully saturated rings. The van der Waals surface area contributed by atoms with Crippen molar-refractivity contribution in [1.82, 2.24) is 10.2 Å². The highest BCUT2D eigenvalue weighted by Gasteiger charge is 1.95. The first kappa shape index (κ1) is 9.21. The standard InChI is InChI=1S/C6H10N2.C2H6/c1-5(2)6-3-4-7-8-6;1-2/h3-5H,1-2H3,(H,7,8);1-2H3. The molecule has 2 heteroatoms. The maximum absolute atomic E-state index is 3.82. The second-order valence-electron chi connectivity index (χ2n) is 2.17. The Morgan fingerprint density at radius 3 is 2.20 bits per heavy atom. The smallest absolute Gasteiger partial charge is 0.0490 e. The molecule has 0 spiro atoms. The summed E-state index contributed by atoms with van der Waals surface area (Å²) in [4.78, 5) is 0. The number of H-pyrrole nitrogens is 1. The fraction of sp³-hybridized carbons (Fsp3) is 0.625. The average Bonchev–Trinajstić information content (AvgIpc) is 2.42. The minimum absolute atomic E-state index is 0.567. The maximum Gasteiger partial charge on any atom is 0.0490 e. The maximum atomic E-state index is 3.82. The van der Waals surface area contributed by atoms with Gasteiger partial charge in [-0.1, -0.05) is 27.7 Å². The van der Waals surface area contributed by atoms with Crippen LogP contribution < -0.4 is 0 Å². The molecule has 1 aromatic heterocycles. The Labute approximate surface area is 62.7 Å². The van der Waals surface area contributed by atoms with Gasteiger partial charge < -0.3 is 0 Å². The van der Waals surface area contributed by atoms with Gasteiger partial charge >= 0.3 is 0 Å². The summed E-state index contributed by atoms with van der Waals surface area (Å²) in [6.07, 6.45) is 1.77. The van der Waals surface area contributed by atoms with E-state index in [9.17, 15) is 0 Å². The van der Waals surface area contributed by atoms with Crippen molar-refractivity contribution in [3.8, 4) is 0 Å². The zero-order chi connectivity index (χ0) is 7.98. The van der Waals surface area contributed by atoms with Crippen molar-refractivity contribution in [2.24, 2.45) is 0 Å². The van der Waals surface area contributed by atoms with Gasteiger partial charge in [0.05, 0.1) is 0 Å². The van der Waals surface area contributed by atoms with Gasteiger partial charge in [0.1, 0.15) is 0 Å². The summed E-state index contributed by atoms with van der Waals surface area (Å²) >= 11 is 0. The highest BCUT2D eigenvalue weighted by molar-refractivity contribution is 5.01. The molecule has 1 heterocycles. The molecule has 0 amide bonds. The minimum Gasteiger partial charge on any atom is -0.282 e. The van der Waals surface area contributed by atoms with Crippen molar-refractivity contribution in [2.45, 2.75) is 33.6 Å². The third-order valence-corrected chi connectivity index (χ3v) is 1.14. The Hall–Kier alpha value is -0.790. The largest absolute Gasteiger partial charge is 0.282 e. The molecule has 0 aliphatic carbocycles. The lowest BCUT2D eigenvalue weighted by Gasteiger charge is -1.95. The van der Waals surface area contributed by atoms with Crippen LogP contribution in [0, 0.1) is 0 Å². The van der Waals surface area contributed by atoms with Crippen molar-refractivity contribution in [1.29, 1.82) is 0 Å². The number of aromatic nitrogens is 2. The van der Waals surface area contributed by atoms with E-state index in [1.807, 2.05) is 19.9 Å². The van der Waals surface area contributed by atoms with Crippen LogP contribution in [0.3, 0.4) is 0 Å². The van der Waals surface area contributed by atoms with E-state index in [0.717, 1.165) is 0 Å². The summed E-state index contributed by atoms with van der Waals surface area (Å²) in [6, 6.07) is 1.99. The van der Waals surface area contributed by atoms with Crippen LogP contribution in [0.2, 0.25) is 0 Å². The van der Waals surface area contributed by atoms with Gasteiger partial charge in [-0.25, -0.2) is 0 Å². The summed E-state index contributed by atoms with van der Waals surface area (Å²) in [5, 5.41) is 6.70. The van der Waals surface area contributed by atoms with E-state index >= 15 is 0 Å². The summed E-state index contributed by atoms with van der Waals surface area (Å²) in [5.74, 6) is 0.567. The number of aromatic amines is 1. The van der Waals surface area contributed by atoms with Crippen LogP contribution in [-0.4, -0.2) is 10.2 Å². The van der Waals surface area contributed by atoms with E-state index in [-0.39, 0.29) is 0 Å². The Morgan fingerprint density at radius 2 is 2.00 bits per heavy atom. The molecule has 0 aliphatic heterocycles. The van der Waals surface area contributed by atoms with Crippen molar-refractivity contribution < 1.29 is 0 Å². The molecule has 0 aliphatic rings. The quantitative estimate of drug-likeness (QED) is 0.638. The number of hydrogen-bond acceptors (Lipinski definition) is 1. The number of hydrogen-bond donors (Lipinski definition) is 1. The first-order chi connectivity index (χ1) is 4.80. The molecule has 58 valence electrons. The lowest BCUT2D eigenvalue weighted by Crippen LogP contribution is -1.85. The van der Waals surface area contributed by atoms with E-state index in [2.05, 4.69) is 24.0 Å². The second kappa shape index (κ2) is 5.03. The molecule has 0 bridgehead atoms. The van der Waals surface area contributed by atoms with Gasteiger partial charge in [-0.15, -0.1) is 0 Å². The number of rotatable bonds is 1. The molecule has 0 unspecified atom stereocenters. The Balaban J connectivity index is 0.000000371. The third-order valence-electron chi connectivity index (χ3n) is 1.14. The van der Waals surface area contributed by atoms with E-state index in [4.69, 9.17) is 0 Å². The SMILES string of the molecule is CC.CC(C)c1ccn[nH]1. The normalized spacial score (nSPS) is 8.90. The minimum atomic E-state index is 0.567. The fourth-order valence-electron chi connectivity index (χ4n) is 0.588. The molecule has 0 saturated carbocycles. The zero-order valence-electron chi connectivity index (χ0n) is 7.18. The fourth-order valence-corrected chi connectivity index (χ4v) is 0.588. The van der Waals surface area contributed by atoms with Crippen LogP contribution in [0.15, 0.2) is 12.3 Å². The Kier molecular flexibility index (Phi) is 4.63. The molecule has 1 N–H and O–H groups in total. The van der Waals surface area contributed by atoms with Crippen molar-refractivity contribution >= 4 is 0 Å². The summed E-state index contributed by atoms with van der Waals surface area (Å²) in [7, 11) is 0. The van der Waals surface area contributed by atoms with Crippen LogP contribution in [0.1, 0.15) is 39.3 Å². The van der Waals surface area contributed by atoms with Gasteiger partial charge in [-0.2, -0.15) is 5.10 Å². The number of nitrogens with zero attached hydrogens (tertiary/aromatic N) is 1. The summed E-state index contributed by atoms with van der Waals surface area (Å²) in [5.41, 5.74) is 1.20. The van der Waals surface area contributed by atoms with Crippen molar-refractivity contribution in [3.63, 3.8) is 0 Å². The predicted molar refractivity (Wildman–Crippen MR) is 44.0 cm³/mol. The second-order valence-corrected chi connectivity index (χ2v) is 2.17. The topological polar surface area (TPSA) is 28.7 Å². The third kappa shape index (κ3) is 2.67. The molecule has 0 atom stereocenters. The lowest BCUT2D eigenvalue weighted by molar-refractivity contribution is 0.810. The molecule has 0 saturated heterocycles. The van der Waals surface area contributed by atoms with Crippen LogP contribution in [0.25, 0.3) is 0 Å². The van der Waals surface area contributed by atoms with Gasteiger partial charge in [-0.05, 0) is 12.0 Å². The van der Waals surface area contributed by atoms with Crippen LogP contribution in [-0.2, 0) is 0 Å². The van der Waals surface area contributed by atoms with E-state index in [0.29, 0.717) is 5.92 Å². The van der Waals surface area contributed by atoms with Gasteiger partial charge in [0.2, 0.25) is 0 Å². The molecule has 0 aromatic carbocycles. The van der Waals surface area contributed by atoms with Gasteiger partial charge in [-0.3, -0.25) is 5.10 Å².